The molecule has 0 radical (unpaired) electrons. The van der Waals surface area contributed by atoms with Gasteiger partial charge in [-0.3, -0.25) is 0 Å². The van der Waals surface area contributed by atoms with Gasteiger partial charge in [-0.15, -0.1) is 0 Å². The zero-order valence-electron chi connectivity index (χ0n) is 9.23. The molecule has 1 aliphatic rings. The van der Waals surface area contributed by atoms with Crippen LogP contribution in [0.2, 0.25) is 0 Å². The number of ether oxygens (including phenoxy) is 1. The number of nitriles is 1. The van der Waals surface area contributed by atoms with Gasteiger partial charge in [0.05, 0.1) is 12.5 Å². The predicted octanol–water partition coefficient (Wildman–Crippen LogP) is 3.41. The fourth-order valence-electron chi connectivity index (χ4n) is 1.94. The van der Waals surface area contributed by atoms with E-state index in [4.69, 9.17) is 10.00 Å². The van der Waals surface area contributed by atoms with Crippen molar-refractivity contribution in [2.45, 2.75) is 25.2 Å². The van der Waals surface area contributed by atoms with Crippen LogP contribution in [-0.2, 0) is 0 Å². The predicted molar refractivity (Wildman–Crippen MR) is 63.3 cm³/mol. The molecule has 1 aromatic carbocycles. The molecule has 82 valence electrons. The molecule has 1 aliphatic carbocycles. The van der Waals surface area contributed by atoms with Gasteiger partial charge in [0, 0.05) is 5.92 Å². The second-order valence-corrected chi connectivity index (χ2v) is 3.94. The molecule has 0 N–H and O–H groups in total. The molecular formula is C14H15NO. The van der Waals surface area contributed by atoms with Crippen LogP contribution in [0.3, 0.4) is 0 Å². The summed E-state index contributed by atoms with van der Waals surface area (Å²) in [6, 6.07) is 10.3. The van der Waals surface area contributed by atoms with E-state index in [0.29, 0.717) is 18.9 Å². The first-order valence-electron chi connectivity index (χ1n) is 5.66. The fraction of sp³-hybridized carbons (Fsp3) is 0.357. The molecule has 1 aromatic rings. The summed E-state index contributed by atoms with van der Waals surface area (Å²) in [5.74, 6) is 1.43. The third-order valence-electron chi connectivity index (χ3n) is 2.80. The number of rotatable bonds is 4. The van der Waals surface area contributed by atoms with E-state index in [1.807, 2.05) is 12.1 Å². The van der Waals surface area contributed by atoms with Gasteiger partial charge in [0.2, 0.25) is 0 Å². The minimum atomic E-state index is 0.438. The van der Waals surface area contributed by atoms with Crippen molar-refractivity contribution >= 4 is 0 Å². The average Bonchev–Trinajstić information content (AvgIpc) is 2.84. The van der Waals surface area contributed by atoms with Gasteiger partial charge in [0.25, 0.3) is 0 Å². The Morgan fingerprint density at radius 3 is 2.75 bits per heavy atom. The van der Waals surface area contributed by atoms with Gasteiger partial charge < -0.3 is 4.74 Å². The summed E-state index contributed by atoms with van der Waals surface area (Å²) in [7, 11) is 0. The van der Waals surface area contributed by atoms with Crippen molar-refractivity contribution in [2.75, 3.05) is 6.61 Å². The lowest BCUT2D eigenvalue weighted by Gasteiger charge is -2.09. The highest BCUT2D eigenvalue weighted by atomic mass is 16.5. The molecule has 2 nitrogen and oxygen atoms in total. The van der Waals surface area contributed by atoms with Crippen molar-refractivity contribution in [1.29, 1.82) is 5.26 Å². The first kappa shape index (κ1) is 10.8. The highest BCUT2D eigenvalue weighted by Crippen LogP contribution is 2.29. The monoisotopic (exact) mass is 213 g/mol. The lowest BCUT2D eigenvalue weighted by atomic mass is 9.99. The molecule has 0 spiro atoms. The Balaban J connectivity index is 1.94. The third-order valence-corrected chi connectivity index (χ3v) is 2.80. The summed E-state index contributed by atoms with van der Waals surface area (Å²) < 4.78 is 5.42. The quantitative estimate of drug-likeness (QED) is 0.567. The maximum absolute atomic E-state index is 8.39. The Morgan fingerprint density at radius 2 is 2.12 bits per heavy atom. The second-order valence-electron chi connectivity index (χ2n) is 3.94. The van der Waals surface area contributed by atoms with Crippen LogP contribution in [0, 0.1) is 11.3 Å². The molecule has 16 heavy (non-hydrogen) atoms. The highest BCUT2D eigenvalue weighted by Gasteiger charge is 2.11. The van der Waals surface area contributed by atoms with Crippen molar-refractivity contribution in [3.8, 4) is 11.8 Å². The molecule has 0 amide bonds. The first-order valence-corrected chi connectivity index (χ1v) is 5.66. The number of allylic oxidation sites excluding steroid dienone is 2. The molecule has 0 heterocycles. The standard InChI is InChI=1S/C14H15NO/c15-10-3-11-16-14-8-6-13(7-9-14)12-4-1-2-5-12/h1,4,6-9,12H,2-3,5,11H2. The zero-order valence-corrected chi connectivity index (χ0v) is 9.23. The van der Waals surface area contributed by atoms with Gasteiger partial charge in [0.15, 0.2) is 0 Å². The lowest BCUT2D eigenvalue weighted by Crippen LogP contribution is -1.96. The van der Waals surface area contributed by atoms with E-state index >= 15 is 0 Å². The van der Waals surface area contributed by atoms with Crippen molar-refractivity contribution in [1.82, 2.24) is 0 Å². The maximum atomic E-state index is 8.39. The summed E-state index contributed by atoms with van der Waals surface area (Å²) in [5, 5.41) is 8.39. The van der Waals surface area contributed by atoms with E-state index in [2.05, 4.69) is 30.4 Å². The Kier molecular flexibility index (Phi) is 3.61. The zero-order chi connectivity index (χ0) is 11.2. The molecule has 2 rings (SSSR count). The molecular weight excluding hydrogens is 198 g/mol. The van der Waals surface area contributed by atoms with E-state index in [9.17, 15) is 0 Å². The van der Waals surface area contributed by atoms with Crippen LogP contribution in [0.4, 0.5) is 0 Å². The Labute approximate surface area is 96.2 Å². The molecule has 0 fully saturated rings. The van der Waals surface area contributed by atoms with Crippen LogP contribution in [-0.4, -0.2) is 6.61 Å². The Morgan fingerprint density at radius 1 is 1.31 bits per heavy atom. The number of nitrogens with zero attached hydrogens (tertiary/aromatic N) is 1. The van der Waals surface area contributed by atoms with Gasteiger partial charge in [-0.2, -0.15) is 5.26 Å². The summed E-state index contributed by atoms with van der Waals surface area (Å²) in [6.45, 7) is 0.471. The van der Waals surface area contributed by atoms with Crippen molar-refractivity contribution in [3.63, 3.8) is 0 Å². The molecule has 0 aromatic heterocycles. The number of hydrogen-bond acceptors (Lipinski definition) is 2. The SMILES string of the molecule is N#CCCOc1ccc(C2C=CCC2)cc1. The Hall–Kier alpha value is -1.75. The van der Waals surface area contributed by atoms with Crippen LogP contribution in [0.25, 0.3) is 0 Å². The van der Waals surface area contributed by atoms with Gasteiger partial charge in [0.1, 0.15) is 12.4 Å². The van der Waals surface area contributed by atoms with Crippen molar-refractivity contribution in [2.24, 2.45) is 0 Å². The molecule has 0 bridgehead atoms. The molecule has 1 unspecified atom stereocenters. The van der Waals surface area contributed by atoms with E-state index in [-0.39, 0.29) is 0 Å². The highest BCUT2D eigenvalue weighted by molar-refractivity contribution is 5.32. The topological polar surface area (TPSA) is 33.0 Å². The smallest absolute Gasteiger partial charge is 0.119 e. The summed E-state index contributed by atoms with van der Waals surface area (Å²) in [4.78, 5) is 0. The van der Waals surface area contributed by atoms with Crippen LogP contribution in [0.15, 0.2) is 36.4 Å². The molecule has 1 atom stereocenters. The van der Waals surface area contributed by atoms with Crippen LogP contribution in [0.5, 0.6) is 5.75 Å². The minimum Gasteiger partial charge on any atom is -0.493 e. The summed E-state index contributed by atoms with van der Waals surface area (Å²) in [6.07, 6.45) is 7.35. The molecule has 0 aliphatic heterocycles. The molecule has 0 saturated heterocycles. The normalized spacial score (nSPS) is 18.3. The average molecular weight is 213 g/mol. The van der Waals surface area contributed by atoms with Crippen molar-refractivity contribution < 1.29 is 4.74 Å². The van der Waals surface area contributed by atoms with Crippen molar-refractivity contribution in [3.05, 3.63) is 42.0 Å². The van der Waals surface area contributed by atoms with E-state index in [1.165, 1.54) is 18.4 Å². The lowest BCUT2D eigenvalue weighted by molar-refractivity contribution is 0.326. The molecule has 0 saturated carbocycles. The van der Waals surface area contributed by atoms with Gasteiger partial charge in [-0.25, -0.2) is 0 Å². The number of benzene rings is 1. The maximum Gasteiger partial charge on any atom is 0.119 e. The fourth-order valence-corrected chi connectivity index (χ4v) is 1.94. The van der Waals surface area contributed by atoms with Gasteiger partial charge in [-0.1, -0.05) is 24.3 Å². The number of hydrogen-bond donors (Lipinski definition) is 0. The van der Waals surface area contributed by atoms with E-state index < -0.39 is 0 Å². The van der Waals surface area contributed by atoms with E-state index in [0.717, 1.165) is 5.75 Å². The minimum absolute atomic E-state index is 0.438. The van der Waals surface area contributed by atoms with E-state index in [1.54, 1.807) is 0 Å². The third kappa shape index (κ3) is 2.64. The van der Waals surface area contributed by atoms with Crippen LogP contribution >= 0.6 is 0 Å². The van der Waals surface area contributed by atoms with Gasteiger partial charge in [-0.05, 0) is 30.5 Å². The Bertz CT molecular complexity index is 400. The summed E-state index contributed by atoms with van der Waals surface area (Å²) in [5.41, 5.74) is 1.35. The largest absolute Gasteiger partial charge is 0.493 e. The second kappa shape index (κ2) is 5.37. The van der Waals surface area contributed by atoms with Crippen LogP contribution < -0.4 is 4.74 Å². The summed E-state index contributed by atoms with van der Waals surface area (Å²) >= 11 is 0. The van der Waals surface area contributed by atoms with Gasteiger partial charge >= 0.3 is 0 Å². The molecule has 2 heteroatoms. The first-order chi connectivity index (χ1) is 7.90. The van der Waals surface area contributed by atoms with Crippen LogP contribution in [0.1, 0.15) is 30.7 Å².